The van der Waals surface area contributed by atoms with Gasteiger partial charge in [0.25, 0.3) is 0 Å². The van der Waals surface area contributed by atoms with E-state index in [-0.39, 0.29) is 5.56 Å². The van der Waals surface area contributed by atoms with Crippen molar-refractivity contribution in [1.82, 2.24) is 15.3 Å². The summed E-state index contributed by atoms with van der Waals surface area (Å²) < 4.78 is 1.01. The molecular formula is C13H12BrN3O2. The predicted octanol–water partition coefficient (Wildman–Crippen LogP) is 2.23. The van der Waals surface area contributed by atoms with E-state index in [9.17, 15) is 4.79 Å². The lowest BCUT2D eigenvalue weighted by molar-refractivity contribution is 0.0694. The molecule has 2 N–H and O–H groups in total. The van der Waals surface area contributed by atoms with Gasteiger partial charge < -0.3 is 10.4 Å². The molecule has 6 heteroatoms. The fourth-order valence-corrected chi connectivity index (χ4v) is 2.09. The molecule has 2 rings (SSSR count). The van der Waals surface area contributed by atoms with Gasteiger partial charge in [0.05, 0.1) is 5.69 Å². The average molecular weight is 322 g/mol. The Morgan fingerprint density at radius 2 is 2.21 bits per heavy atom. The second-order valence-electron chi connectivity index (χ2n) is 3.92. The van der Waals surface area contributed by atoms with E-state index in [4.69, 9.17) is 5.11 Å². The van der Waals surface area contributed by atoms with Gasteiger partial charge in [-0.1, -0.05) is 28.1 Å². The Morgan fingerprint density at radius 1 is 1.37 bits per heavy atom. The third kappa shape index (κ3) is 3.84. The molecule has 0 bridgehead atoms. The van der Waals surface area contributed by atoms with Gasteiger partial charge in [-0.05, 0) is 17.7 Å². The molecule has 19 heavy (non-hydrogen) atoms. The van der Waals surface area contributed by atoms with Crippen LogP contribution in [0.25, 0.3) is 0 Å². The molecule has 2 aromatic rings. The van der Waals surface area contributed by atoms with Crippen LogP contribution in [0.4, 0.5) is 0 Å². The van der Waals surface area contributed by atoms with Gasteiger partial charge in [0.2, 0.25) is 0 Å². The van der Waals surface area contributed by atoms with Gasteiger partial charge in [-0.15, -0.1) is 0 Å². The third-order valence-corrected chi connectivity index (χ3v) is 3.03. The zero-order chi connectivity index (χ0) is 13.7. The maximum Gasteiger partial charge on any atom is 0.339 e. The van der Waals surface area contributed by atoms with E-state index in [2.05, 4.69) is 31.2 Å². The maximum atomic E-state index is 11.0. The molecule has 0 saturated heterocycles. The van der Waals surface area contributed by atoms with Crippen molar-refractivity contribution in [1.29, 1.82) is 0 Å². The summed E-state index contributed by atoms with van der Waals surface area (Å²) >= 11 is 3.40. The second kappa shape index (κ2) is 6.40. The molecule has 0 saturated carbocycles. The van der Waals surface area contributed by atoms with Crippen LogP contribution in [0, 0.1) is 0 Å². The standard InChI is InChI=1S/C13H12BrN3O2/c14-10-3-1-2-9(4-10)5-15-7-12-11(13(18)19)6-16-8-17-12/h1-4,6,8,15H,5,7H2,(H,18,19). The van der Waals surface area contributed by atoms with Crippen molar-refractivity contribution in [3.63, 3.8) is 0 Å². The molecular weight excluding hydrogens is 310 g/mol. The molecule has 0 unspecified atom stereocenters. The van der Waals surface area contributed by atoms with Crippen LogP contribution in [-0.4, -0.2) is 21.0 Å². The molecule has 1 heterocycles. The number of nitrogens with zero attached hydrogens (tertiary/aromatic N) is 2. The number of benzene rings is 1. The molecule has 0 amide bonds. The van der Waals surface area contributed by atoms with Crippen molar-refractivity contribution < 1.29 is 9.90 Å². The van der Waals surface area contributed by atoms with Crippen LogP contribution in [0.2, 0.25) is 0 Å². The van der Waals surface area contributed by atoms with E-state index in [0.717, 1.165) is 10.0 Å². The monoisotopic (exact) mass is 321 g/mol. The van der Waals surface area contributed by atoms with Crippen molar-refractivity contribution >= 4 is 21.9 Å². The molecule has 0 aliphatic carbocycles. The maximum absolute atomic E-state index is 11.0. The van der Waals surface area contributed by atoms with E-state index in [1.807, 2.05) is 24.3 Å². The van der Waals surface area contributed by atoms with Crippen LogP contribution in [0.15, 0.2) is 41.3 Å². The number of aromatic nitrogens is 2. The lowest BCUT2D eigenvalue weighted by Gasteiger charge is -2.07. The number of nitrogens with one attached hydrogen (secondary N) is 1. The highest BCUT2D eigenvalue weighted by molar-refractivity contribution is 9.10. The lowest BCUT2D eigenvalue weighted by Crippen LogP contribution is -2.17. The molecule has 0 atom stereocenters. The van der Waals surface area contributed by atoms with Crippen LogP contribution < -0.4 is 5.32 Å². The summed E-state index contributed by atoms with van der Waals surface area (Å²) in [6.07, 6.45) is 2.66. The quantitative estimate of drug-likeness (QED) is 0.883. The van der Waals surface area contributed by atoms with Gasteiger partial charge in [-0.3, -0.25) is 0 Å². The van der Waals surface area contributed by atoms with E-state index < -0.39 is 5.97 Å². The number of hydrogen-bond donors (Lipinski definition) is 2. The molecule has 0 spiro atoms. The smallest absolute Gasteiger partial charge is 0.339 e. The number of aromatic carboxylic acids is 1. The van der Waals surface area contributed by atoms with Crippen molar-refractivity contribution in [2.45, 2.75) is 13.1 Å². The SMILES string of the molecule is O=C(O)c1cncnc1CNCc1cccc(Br)c1. The summed E-state index contributed by atoms with van der Waals surface area (Å²) in [4.78, 5) is 18.7. The van der Waals surface area contributed by atoms with Crippen molar-refractivity contribution in [3.8, 4) is 0 Å². The Bertz CT molecular complexity index is 590. The minimum absolute atomic E-state index is 0.129. The first-order chi connectivity index (χ1) is 9.16. The lowest BCUT2D eigenvalue weighted by atomic mass is 10.2. The largest absolute Gasteiger partial charge is 0.478 e. The summed E-state index contributed by atoms with van der Waals surface area (Å²) in [5.41, 5.74) is 1.72. The minimum atomic E-state index is -1.01. The van der Waals surface area contributed by atoms with Crippen LogP contribution >= 0.6 is 15.9 Å². The predicted molar refractivity (Wildman–Crippen MR) is 73.7 cm³/mol. The summed E-state index contributed by atoms with van der Waals surface area (Å²) in [6.45, 7) is 1.03. The fraction of sp³-hybridized carbons (Fsp3) is 0.154. The highest BCUT2D eigenvalue weighted by Gasteiger charge is 2.10. The zero-order valence-corrected chi connectivity index (χ0v) is 11.6. The third-order valence-electron chi connectivity index (χ3n) is 2.54. The molecule has 98 valence electrons. The number of carbonyl (C=O) groups is 1. The molecule has 0 radical (unpaired) electrons. The Morgan fingerprint density at radius 3 is 2.95 bits per heavy atom. The Labute approximate surface area is 118 Å². The molecule has 0 fully saturated rings. The van der Waals surface area contributed by atoms with Gasteiger partial charge in [-0.25, -0.2) is 14.8 Å². The summed E-state index contributed by atoms with van der Waals surface area (Å²) in [6, 6.07) is 7.91. The highest BCUT2D eigenvalue weighted by atomic mass is 79.9. The first kappa shape index (κ1) is 13.6. The van der Waals surface area contributed by atoms with Gasteiger partial charge in [0.1, 0.15) is 11.9 Å². The highest BCUT2D eigenvalue weighted by Crippen LogP contribution is 2.11. The van der Waals surface area contributed by atoms with Gasteiger partial charge in [0, 0.05) is 23.8 Å². The zero-order valence-electron chi connectivity index (χ0n) is 10.0. The second-order valence-corrected chi connectivity index (χ2v) is 4.84. The summed E-state index contributed by atoms with van der Waals surface area (Å²) in [5.74, 6) is -1.01. The summed E-state index contributed by atoms with van der Waals surface area (Å²) in [5, 5.41) is 12.2. The minimum Gasteiger partial charge on any atom is -0.478 e. The topological polar surface area (TPSA) is 75.1 Å². The first-order valence-corrected chi connectivity index (χ1v) is 6.43. The number of carboxylic acids is 1. The average Bonchev–Trinajstić information content (AvgIpc) is 2.39. The van der Waals surface area contributed by atoms with Crippen LogP contribution in [0.1, 0.15) is 21.6 Å². The van der Waals surface area contributed by atoms with Crippen LogP contribution in [-0.2, 0) is 13.1 Å². The Hall–Kier alpha value is -1.79. The molecule has 1 aromatic carbocycles. The van der Waals surface area contributed by atoms with E-state index in [0.29, 0.717) is 18.8 Å². The molecule has 0 aliphatic rings. The van der Waals surface area contributed by atoms with Gasteiger partial charge in [0.15, 0.2) is 0 Å². The van der Waals surface area contributed by atoms with E-state index in [1.54, 1.807) is 0 Å². The van der Waals surface area contributed by atoms with Crippen LogP contribution in [0.5, 0.6) is 0 Å². The van der Waals surface area contributed by atoms with Crippen molar-refractivity contribution in [2.75, 3.05) is 0 Å². The number of carboxylic acid groups (broad SMARTS) is 1. The summed E-state index contributed by atoms with van der Waals surface area (Å²) in [7, 11) is 0. The van der Waals surface area contributed by atoms with E-state index in [1.165, 1.54) is 12.5 Å². The van der Waals surface area contributed by atoms with Gasteiger partial charge in [-0.2, -0.15) is 0 Å². The van der Waals surface area contributed by atoms with E-state index >= 15 is 0 Å². The Balaban J connectivity index is 1.98. The molecule has 1 aromatic heterocycles. The molecule has 5 nitrogen and oxygen atoms in total. The number of hydrogen-bond acceptors (Lipinski definition) is 4. The molecule has 0 aliphatic heterocycles. The first-order valence-electron chi connectivity index (χ1n) is 5.64. The fourth-order valence-electron chi connectivity index (χ4n) is 1.65. The number of halogens is 1. The Kier molecular flexibility index (Phi) is 4.59. The number of rotatable bonds is 5. The van der Waals surface area contributed by atoms with Crippen molar-refractivity contribution in [3.05, 3.63) is 58.1 Å². The van der Waals surface area contributed by atoms with Crippen LogP contribution in [0.3, 0.4) is 0 Å². The van der Waals surface area contributed by atoms with Crippen molar-refractivity contribution in [2.24, 2.45) is 0 Å². The normalized spacial score (nSPS) is 10.4. The van der Waals surface area contributed by atoms with Gasteiger partial charge >= 0.3 is 5.97 Å².